The summed E-state index contributed by atoms with van der Waals surface area (Å²) in [7, 11) is 0. The van der Waals surface area contributed by atoms with Gasteiger partial charge in [-0.25, -0.2) is 15.0 Å². The van der Waals surface area contributed by atoms with Crippen LogP contribution in [0.4, 0.5) is 11.5 Å². The van der Waals surface area contributed by atoms with Gasteiger partial charge in [0.15, 0.2) is 0 Å². The van der Waals surface area contributed by atoms with Crippen LogP contribution >= 0.6 is 0 Å². The highest BCUT2D eigenvalue weighted by Crippen LogP contribution is 2.41. The minimum Gasteiger partial charge on any atom is -0.488 e. The first kappa shape index (κ1) is 36.3. The molecule has 1 atom stereocenters. The zero-order valence-corrected chi connectivity index (χ0v) is 32.9. The quantitative estimate of drug-likeness (QED) is 0.185. The van der Waals surface area contributed by atoms with Crippen LogP contribution in [0.3, 0.4) is 0 Å². The van der Waals surface area contributed by atoms with E-state index in [-0.39, 0.29) is 17.4 Å². The summed E-state index contributed by atoms with van der Waals surface area (Å²) in [4.78, 5) is 48.4. The number of imidazole rings is 1. The van der Waals surface area contributed by atoms with Crippen molar-refractivity contribution in [3.8, 4) is 17.1 Å². The minimum absolute atomic E-state index is 0.0309. The smallest absolute Gasteiger partial charge is 0.249 e. The molecule has 7 heterocycles. The minimum atomic E-state index is -0.395. The molecule has 0 spiro atoms. The fraction of sp³-hybridized carbons (Fsp3) is 0.535. The number of piperazine rings is 1. The van der Waals surface area contributed by atoms with Crippen molar-refractivity contribution in [2.75, 3.05) is 75.2 Å². The number of hydrogen-bond donors (Lipinski definition) is 2. The number of carbonyl (C=O) groups excluding carboxylic acids is 2. The summed E-state index contributed by atoms with van der Waals surface area (Å²) >= 11 is 0. The Kier molecular flexibility index (Phi) is 9.56. The molecule has 57 heavy (non-hydrogen) atoms. The predicted molar refractivity (Wildman–Crippen MR) is 219 cm³/mol. The number of carbonyl (C=O) groups is 2. The van der Waals surface area contributed by atoms with Crippen LogP contribution in [0.1, 0.15) is 64.3 Å². The van der Waals surface area contributed by atoms with E-state index in [1.807, 2.05) is 16.7 Å². The lowest BCUT2D eigenvalue weighted by Crippen LogP contribution is -2.50. The van der Waals surface area contributed by atoms with Crippen molar-refractivity contribution in [3.05, 3.63) is 55.1 Å². The van der Waals surface area contributed by atoms with E-state index in [4.69, 9.17) is 4.74 Å². The van der Waals surface area contributed by atoms with Crippen LogP contribution in [0, 0.1) is 11.8 Å². The Morgan fingerprint density at radius 3 is 2.21 bits per heavy atom. The van der Waals surface area contributed by atoms with Crippen LogP contribution in [0.2, 0.25) is 0 Å². The Morgan fingerprint density at radius 2 is 1.51 bits per heavy atom. The van der Waals surface area contributed by atoms with Gasteiger partial charge < -0.3 is 28.9 Å². The molecular weight excluding hydrogens is 719 g/mol. The molecule has 4 aliphatic heterocycles. The second kappa shape index (κ2) is 15.0. The number of rotatable bonds is 10. The summed E-state index contributed by atoms with van der Waals surface area (Å²) in [6.45, 7) is 13.2. The van der Waals surface area contributed by atoms with E-state index >= 15 is 0 Å². The number of aromatic amines is 1. The number of amides is 2. The monoisotopic (exact) mass is 771 g/mol. The lowest BCUT2D eigenvalue weighted by atomic mass is 9.94. The molecule has 5 fully saturated rings. The Balaban J connectivity index is 0.673. The summed E-state index contributed by atoms with van der Waals surface area (Å²) in [6, 6.07) is 14.2. The van der Waals surface area contributed by atoms with E-state index in [9.17, 15) is 9.59 Å². The fourth-order valence-electron chi connectivity index (χ4n) is 9.47. The van der Waals surface area contributed by atoms with Gasteiger partial charge in [-0.2, -0.15) is 5.10 Å². The van der Waals surface area contributed by atoms with Crippen molar-refractivity contribution in [3.63, 3.8) is 0 Å². The molecule has 1 saturated carbocycles. The van der Waals surface area contributed by atoms with Crippen molar-refractivity contribution >= 4 is 45.3 Å². The molecule has 2 aromatic carbocycles. The van der Waals surface area contributed by atoms with Gasteiger partial charge in [0.2, 0.25) is 11.8 Å². The highest BCUT2D eigenvalue weighted by atomic mass is 16.5. The third-order valence-corrected chi connectivity index (χ3v) is 13.3. The molecule has 3 aromatic heterocycles. The van der Waals surface area contributed by atoms with Crippen molar-refractivity contribution < 1.29 is 14.3 Å². The Bertz CT molecular complexity index is 2260. The Labute approximate surface area is 333 Å². The van der Waals surface area contributed by atoms with Gasteiger partial charge in [-0.3, -0.25) is 20.0 Å². The molecule has 298 valence electrons. The SMILES string of the molecule is CC1(Oc2ccc3[nH]nc(-c4cc(N5CCC(CN6CCN(CC7CCN(c8ccc9ncn(C%10CCC(=O)NC%10=O)c9c8)CC7)CC6)CC5)ncn4)c3c2)CC1. The molecule has 14 heteroatoms. The van der Waals surface area contributed by atoms with Crippen LogP contribution in [-0.2, 0) is 9.59 Å². The first-order valence-corrected chi connectivity index (χ1v) is 21.1. The summed E-state index contributed by atoms with van der Waals surface area (Å²) in [5.74, 6) is 2.85. The van der Waals surface area contributed by atoms with E-state index in [1.54, 1.807) is 12.7 Å². The number of piperidine rings is 3. The van der Waals surface area contributed by atoms with Crippen LogP contribution in [-0.4, -0.2) is 122 Å². The fourth-order valence-corrected chi connectivity index (χ4v) is 9.47. The Hall–Kier alpha value is -5.08. The maximum absolute atomic E-state index is 12.6. The molecule has 2 amide bonds. The van der Waals surface area contributed by atoms with Crippen LogP contribution in [0.5, 0.6) is 5.75 Å². The highest BCUT2D eigenvalue weighted by Gasteiger charge is 2.40. The zero-order chi connectivity index (χ0) is 38.5. The van der Waals surface area contributed by atoms with Gasteiger partial charge in [-0.15, -0.1) is 0 Å². The van der Waals surface area contributed by atoms with E-state index in [0.717, 1.165) is 110 Å². The number of fused-ring (bicyclic) bond motifs is 2. The van der Waals surface area contributed by atoms with Crippen molar-refractivity contribution in [1.82, 2.24) is 44.8 Å². The van der Waals surface area contributed by atoms with Gasteiger partial charge >= 0.3 is 0 Å². The number of nitrogens with one attached hydrogen (secondary N) is 2. The number of benzene rings is 2. The molecule has 10 rings (SSSR count). The number of hydrogen-bond acceptors (Lipinski definition) is 11. The lowest BCUT2D eigenvalue weighted by molar-refractivity contribution is -0.135. The van der Waals surface area contributed by atoms with Crippen molar-refractivity contribution in [2.45, 2.75) is 69.9 Å². The number of H-pyrrole nitrogens is 1. The maximum Gasteiger partial charge on any atom is 0.249 e. The summed E-state index contributed by atoms with van der Waals surface area (Å²) in [5, 5.41) is 11.3. The van der Waals surface area contributed by atoms with Gasteiger partial charge in [0.1, 0.15) is 35.2 Å². The predicted octanol–water partition coefficient (Wildman–Crippen LogP) is 5.03. The average Bonchev–Trinajstić information content (AvgIpc) is 3.58. The molecule has 0 radical (unpaired) electrons. The number of aromatic nitrogens is 6. The molecule has 1 unspecified atom stereocenters. The largest absolute Gasteiger partial charge is 0.488 e. The topological polar surface area (TPSA) is 141 Å². The van der Waals surface area contributed by atoms with Gasteiger partial charge in [0, 0.05) is 89.0 Å². The molecule has 0 bridgehead atoms. The van der Waals surface area contributed by atoms with Gasteiger partial charge in [-0.05, 0) is 100 Å². The second-order valence-electron chi connectivity index (χ2n) is 17.3. The molecular formula is C43H53N11O3. The van der Waals surface area contributed by atoms with Crippen LogP contribution in [0.25, 0.3) is 33.3 Å². The Morgan fingerprint density at radius 1 is 0.789 bits per heavy atom. The molecule has 5 aromatic rings. The van der Waals surface area contributed by atoms with E-state index in [1.165, 1.54) is 44.5 Å². The molecule has 14 nitrogen and oxygen atoms in total. The van der Waals surface area contributed by atoms with Gasteiger partial charge in [0.25, 0.3) is 0 Å². The second-order valence-corrected chi connectivity index (χ2v) is 17.3. The summed E-state index contributed by atoms with van der Waals surface area (Å²) in [5.41, 5.74) is 5.64. The summed E-state index contributed by atoms with van der Waals surface area (Å²) in [6.07, 6.45) is 11.2. The first-order valence-electron chi connectivity index (χ1n) is 21.1. The maximum atomic E-state index is 12.6. The van der Waals surface area contributed by atoms with Crippen molar-refractivity contribution in [1.29, 1.82) is 0 Å². The number of anilines is 2. The first-order chi connectivity index (χ1) is 27.8. The highest BCUT2D eigenvalue weighted by molar-refractivity contribution is 6.00. The van der Waals surface area contributed by atoms with Gasteiger partial charge in [-0.1, -0.05) is 0 Å². The molecule has 5 aliphatic rings. The molecule has 1 aliphatic carbocycles. The number of nitrogens with zero attached hydrogens (tertiary/aromatic N) is 9. The summed E-state index contributed by atoms with van der Waals surface area (Å²) < 4.78 is 8.18. The number of ether oxygens (including phenoxy) is 1. The zero-order valence-electron chi connectivity index (χ0n) is 32.9. The normalized spacial score (nSPS) is 22.7. The third-order valence-electron chi connectivity index (χ3n) is 13.3. The third kappa shape index (κ3) is 7.69. The van der Waals surface area contributed by atoms with Gasteiger partial charge in [0.05, 0.1) is 28.6 Å². The van der Waals surface area contributed by atoms with E-state index < -0.39 is 6.04 Å². The lowest BCUT2D eigenvalue weighted by Gasteiger charge is -2.41. The van der Waals surface area contributed by atoms with Crippen LogP contribution in [0.15, 0.2) is 55.1 Å². The molecule has 4 saturated heterocycles. The van der Waals surface area contributed by atoms with Crippen LogP contribution < -0.4 is 19.9 Å². The number of imide groups is 1. The average molecular weight is 772 g/mol. The van der Waals surface area contributed by atoms with E-state index in [2.05, 4.69) is 87.3 Å². The van der Waals surface area contributed by atoms with Crippen molar-refractivity contribution in [2.24, 2.45) is 11.8 Å². The van der Waals surface area contributed by atoms with E-state index in [0.29, 0.717) is 24.7 Å². The standard InChI is InChI=1S/C43H53N11O3/c1-43(12-13-43)57-32-3-5-34-33(23-32)41(49-48-34)36-24-39(45-27-44-36)53-16-10-30(11-17-53)26-51-20-18-50(19-21-51)25-29-8-14-52(15-9-29)31-2-4-35-38(22-31)54(28-46-35)37-6-7-40(55)47-42(37)56/h2-5,22-24,27-30,37H,6-21,25-26H2,1H3,(H,48,49)(H,47,55,56). The molecule has 2 N–H and O–H groups in total.